The van der Waals surface area contributed by atoms with Gasteiger partial charge in [0.05, 0.1) is 0 Å². The van der Waals surface area contributed by atoms with Gasteiger partial charge in [0.15, 0.2) is 0 Å². The highest BCUT2D eigenvalue weighted by molar-refractivity contribution is 5.89. The number of rotatable bonds is 1. The molecule has 1 N–H and O–H groups in total. The fourth-order valence-electron chi connectivity index (χ4n) is 2.69. The molecule has 2 rings (SSSR count). The minimum Gasteiger partial charge on any atom is -0.444 e. The summed E-state index contributed by atoms with van der Waals surface area (Å²) in [5.74, 6) is 0.559. The number of amides is 1. The standard InChI is InChI=1S/C12H19NO3/c1-12(2,3)16-11(15)13-9-6-7-4-5-8(9)10(7)14/h7-9H,4-6H2,1-3H3,(H,13,15). The predicted octanol–water partition coefficient (Wildman–Crippen LogP) is 1.88. The summed E-state index contributed by atoms with van der Waals surface area (Å²) in [5, 5.41) is 2.82. The predicted molar refractivity (Wildman–Crippen MR) is 59.0 cm³/mol. The zero-order chi connectivity index (χ0) is 11.9. The second-order valence-electron chi connectivity index (χ2n) is 5.77. The van der Waals surface area contributed by atoms with E-state index in [0.717, 1.165) is 19.3 Å². The third-order valence-corrected chi connectivity index (χ3v) is 3.32. The van der Waals surface area contributed by atoms with Crippen molar-refractivity contribution in [3.05, 3.63) is 0 Å². The van der Waals surface area contributed by atoms with E-state index >= 15 is 0 Å². The van der Waals surface area contributed by atoms with Crippen molar-refractivity contribution < 1.29 is 14.3 Å². The first-order chi connectivity index (χ1) is 7.37. The second kappa shape index (κ2) is 3.75. The van der Waals surface area contributed by atoms with E-state index in [9.17, 15) is 9.59 Å². The van der Waals surface area contributed by atoms with Crippen molar-refractivity contribution in [2.75, 3.05) is 0 Å². The van der Waals surface area contributed by atoms with E-state index in [2.05, 4.69) is 5.32 Å². The smallest absolute Gasteiger partial charge is 0.407 e. The van der Waals surface area contributed by atoms with Crippen LogP contribution in [0.25, 0.3) is 0 Å². The van der Waals surface area contributed by atoms with E-state index in [0.29, 0.717) is 5.78 Å². The van der Waals surface area contributed by atoms with E-state index in [1.807, 2.05) is 20.8 Å². The van der Waals surface area contributed by atoms with Gasteiger partial charge < -0.3 is 10.1 Å². The summed E-state index contributed by atoms with van der Waals surface area (Å²) < 4.78 is 5.18. The van der Waals surface area contributed by atoms with Crippen LogP contribution >= 0.6 is 0 Å². The van der Waals surface area contributed by atoms with Gasteiger partial charge in [-0.05, 0) is 40.0 Å². The molecule has 0 aliphatic heterocycles. The highest BCUT2D eigenvalue weighted by Gasteiger charge is 2.47. The van der Waals surface area contributed by atoms with Crippen LogP contribution < -0.4 is 5.32 Å². The maximum absolute atomic E-state index is 11.7. The van der Waals surface area contributed by atoms with Gasteiger partial charge in [0.1, 0.15) is 11.4 Å². The Hall–Kier alpha value is -1.06. The van der Waals surface area contributed by atoms with Crippen LogP contribution in [0.15, 0.2) is 0 Å². The molecule has 90 valence electrons. The Kier molecular flexibility index (Phi) is 2.68. The maximum atomic E-state index is 11.7. The number of alkyl carbamates (subject to hydrolysis) is 1. The lowest BCUT2D eigenvalue weighted by atomic mass is 9.95. The van der Waals surface area contributed by atoms with Crippen molar-refractivity contribution in [2.45, 2.75) is 51.7 Å². The molecule has 2 fully saturated rings. The van der Waals surface area contributed by atoms with Crippen LogP contribution in [0.1, 0.15) is 40.0 Å². The molecular formula is C12H19NO3. The largest absolute Gasteiger partial charge is 0.444 e. The van der Waals surface area contributed by atoms with Crippen molar-refractivity contribution in [3.63, 3.8) is 0 Å². The molecule has 2 aliphatic rings. The number of hydrogen-bond acceptors (Lipinski definition) is 3. The fraction of sp³-hybridized carbons (Fsp3) is 0.833. The molecule has 16 heavy (non-hydrogen) atoms. The van der Waals surface area contributed by atoms with Gasteiger partial charge in [-0.25, -0.2) is 4.79 Å². The molecule has 0 heterocycles. The molecule has 0 aromatic carbocycles. The topological polar surface area (TPSA) is 55.4 Å². The van der Waals surface area contributed by atoms with Crippen LogP contribution in [0.5, 0.6) is 0 Å². The summed E-state index contributed by atoms with van der Waals surface area (Å²) in [5.41, 5.74) is -0.480. The lowest BCUT2D eigenvalue weighted by Gasteiger charge is -2.25. The van der Waals surface area contributed by atoms with E-state index in [1.54, 1.807) is 0 Å². The molecule has 1 amide bonds. The molecule has 4 heteroatoms. The normalized spacial score (nSPS) is 32.9. The lowest BCUT2D eigenvalue weighted by molar-refractivity contribution is -0.121. The summed E-state index contributed by atoms with van der Waals surface area (Å²) in [6.45, 7) is 5.50. The summed E-state index contributed by atoms with van der Waals surface area (Å²) >= 11 is 0. The fourth-order valence-corrected chi connectivity index (χ4v) is 2.69. The number of nitrogens with one attached hydrogen (secondary N) is 1. The summed E-state index contributed by atoms with van der Waals surface area (Å²) in [4.78, 5) is 23.2. The van der Waals surface area contributed by atoms with Gasteiger partial charge in [-0.2, -0.15) is 0 Å². The zero-order valence-corrected chi connectivity index (χ0v) is 10.1. The van der Waals surface area contributed by atoms with Crippen LogP contribution in [0.2, 0.25) is 0 Å². The Bertz CT molecular complexity index is 319. The van der Waals surface area contributed by atoms with E-state index in [1.165, 1.54) is 0 Å². The monoisotopic (exact) mass is 225 g/mol. The first kappa shape index (κ1) is 11.4. The van der Waals surface area contributed by atoms with Gasteiger partial charge in [-0.3, -0.25) is 4.79 Å². The van der Waals surface area contributed by atoms with Gasteiger partial charge in [-0.15, -0.1) is 0 Å². The number of ketones is 1. The van der Waals surface area contributed by atoms with E-state index in [4.69, 9.17) is 4.74 Å². The SMILES string of the molecule is CC(C)(C)OC(=O)NC1CC2CCC1C2=O. The molecule has 0 aromatic heterocycles. The van der Waals surface area contributed by atoms with Gasteiger partial charge in [-0.1, -0.05) is 0 Å². The average Bonchev–Trinajstić information content (AvgIpc) is 2.57. The molecule has 4 nitrogen and oxygen atoms in total. The van der Waals surface area contributed by atoms with Crippen molar-refractivity contribution >= 4 is 11.9 Å². The van der Waals surface area contributed by atoms with Crippen molar-refractivity contribution in [3.8, 4) is 0 Å². The van der Waals surface area contributed by atoms with Crippen molar-refractivity contribution in [1.82, 2.24) is 5.32 Å². The number of carbonyl (C=O) groups excluding carboxylic acids is 2. The van der Waals surface area contributed by atoms with Gasteiger partial charge in [0.2, 0.25) is 0 Å². The Morgan fingerprint density at radius 1 is 1.38 bits per heavy atom. The molecule has 2 bridgehead atoms. The van der Waals surface area contributed by atoms with Gasteiger partial charge in [0, 0.05) is 17.9 Å². The summed E-state index contributed by atoms with van der Waals surface area (Å²) in [6, 6.07) is 0.00102. The van der Waals surface area contributed by atoms with Gasteiger partial charge >= 0.3 is 6.09 Å². The van der Waals surface area contributed by atoms with Crippen molar-refractivity contribution in [2.24, 2.45) is 11.8 Å². The quantitative estimate of drug-likeness (QED) is 0.741. The second-order valence-corrected chi connectivity index (χ2v) is 5.77. The molecule has 0 saturated heterocycles. The molecule has 0 aromatic rings. The Morgan fingerprint density at radius 3 is 2.50 bits per heavy atom. The molecule has 2 aliphatic carbocycles. The molecule has 2 saturated carbocycles. The maximum Gasteiger partial charge on any atom is 0.407 e. The van der Waals surface area contributed by atoms with Crippen LogP contribution in [0.3, 0.4) is 0 Å². The highest BCUT2D eigenvalue weighted by atomic mass is 16.6. The lowest BCUT2D eigenvalue weighted by Crippen LogP contribution is -2.42. The number of carbonyl (C=O) groups is 2. The minimum absolute atomic E-state index is 0.00102. The van der Waals surface area contributed by atoms with E-state index in [-0.39, 0.29) is 17.9 Å². The zero-order valence-electron chi connectivity index (χ0n) is 10.1. The number of ether oxygens (including phenoxy) is 1. The van der Waals surface area contributed by atoms with Gasteiger partial charge in [0.25, 0.3) is 0 Å². The van der Waals surface area contributed by atoms with Crippen molar-refractivity contribution in [1.29, 1.82) is 0 Å². The number of fused-ring (bicyclic) bond motifs is 2. The highest BCUT2D eigenvalue weighted by Crippen LogP contribution is 2.41. The molecule has 3 atom stereocenters. The van der Waals surface area contributed by atoms with Crippen LogP contribution in [0.4, 0.5) is 4.79 Å². The van der Waals surface area contributed by atoms with Crippen LogP contribution in [-0.4, -0.2) is 23.5 Å². The average molecular weight is 225 g/mol. The first-order valence-corrected chi connectivity index (χ1v) is 5.90. The summed E-state index contributed by atoms with van der Waals surface area (Å²) in [7, 11) is 0. The van der Waals surface area contributed by atoms with E-state index < -0.39 is 11.7 Å². The Morgan fingerprint density at radius 2 is 2.06 bits per heavy atom. The number of Topliss-reactive ketones (excluding diaryl/α,β-unsaturated/α-hetero) is 1. The molecular weight excluding hydrogens is 206 g/mol. The first-order valence-electron chi connectivity index (χ1n) is 5.90. The Labute approximate surface area is 95.7 Å². The van der Waals surface area contributed by atoms with Crippen LogP contribution in [-0.2, 0) is 9.53 Å². The molecule has 0 radical (unpaired) electrons. The number of hydrogen-bond donors (Lipinski definition) is 1. The third kappa shape index (κ3) is 2.20. The minimum atomic E-state index is -0.480. The Balaban J connectivity index is 1.88. The molecule has 0 spiro atoms. The third-order valence-electron chi connectivity index (χ3n) is 3.32. The molecule has 3 unspecified atom stereocenters. The summed E-state index contributed by atoms with van der Waals surface area (Å²) in [6.07, 6.45) is 2.31. The van der Waals surface area contributed by atoms with Crippen LogP contribution in [0, 0.1) is 11.8 Å².